The van der Waals surface area contributed by atoms with E-state index in [9.17, 15) is 13.6 Å². The average molecular weight is 338 g/mol. The number of halogens is 3. The van der Waals surface area contributed by atoms with Crippen LogP contribution in [0.2, 0.25) is 0 Å². The summed E-state index contributed by atoms with van der Waals surface area (Å²) in [4.78, 5) is 13.6. The average Bonchev–Trinajstić information content (AvgIpc) is 2.71. The fraction of sp³-hybridized carbons (Fsp3) is 0.133. The van der Waals surface area contributed by atoms with Crippen LogP contribution in [0.4, 0.5) is 8.78 Å². The molecular formula is C15H10BrF2NO. The number of carbonyl (C=O) groups excluding carboxylic acids is 1. The molecule has 0 aliphatic carbocycles. The number of amides is 1. The van der Waals surface area contributed by atoms with Gasteiger partial charge in [0.25, 0.3) is 5.91 Å². The Bertz CT molecular complexity index is 679. The second-order valence-corrected chi connectivity index (χ2v) is 5.58. The first-order chi connectivity index (χ1) is 9.56. The smallest absolute Gasteiger partial charge is 0.254 e. The minimum atomic E-state index is -0.652. The summed E-state index contributed by atoms with van der Waals surface area (Å²) in [6.45, 7) is 0.308. The van der Waals surface area contributed by atoms with E-state index in [1.54, 1.807) is 12.1 Å². The third-order valence-electron chi connectivity index (χ3n) is 3.35. The van der Waals surface area contributed by atoms with Crippen LogP contribution in [0.3, 0.4) is 0 Å². The summed E-state index contributed by atoms with van der Waals surface area (Å²) in [6.07, 6.45) is 0. The molecule has 1 aliphatic rings. The molecule has 1 heterocycles. The molecule has 0 spiro atoms. The highest BCUT2D eigenvalue weighted by Crippen LogP contribution is 2.27. The lowest BCUT2D eigenvalue weighted by atomic mass is 10.1. The van der Waals surface area contributed by atoms with Gasteiger partial charge in [0.05, 0.1) is 6.54 Å². The maximum atomic E-state index is 13.8. The van der Waals surface area contributed by atoms with Crippen LogP contribution in [-0.4, -0.2) is 10.8 Å². The standard InChI is InChI=1S/C15H10BrF2NO/c16-10-5-13(17)12(14(18)6-10)8-19-7-9-3-1-2-4-11(9)15(19)20/h1-6H,7-8H2. The zero-order chi connectivity index (χ0) is 14.3. The fourth-order valence-electron chi connectivity index (χ4n) is 2.36. The van der Waals surface area contributed by atoms with E-state index < -0.39 is 11.6 Å². The third-order valence-corrected chi connectivity index (χ3v) is 3.81. The Morgan fingerprint density at radius 3 is 2.45 bits per heavy atom. The quantitative estimate of drug-likeness (QED) is 0.814. The molecule has 3 rings (SSSR count). The zero-order valence-electron chi connectivity index (χ0n) is 10.4. The molecule has 102 valence electrons. The predicted octanol–water partition coefficient (Wildman–Crippen LogP) is 3.88. The summed E-state index contributed by atoms with van der Waals surface area (Å²) in [6, 6.07) is 9.60. The van der Waals surface area contributed by atoms with Gasteiger partial charge in [-0.05, 0) is 23.8 Å². The number of benzene rings is 2. The lowest BCUT2D eigenvalue weighted by Crippen LogP contribution is -2.24. The van der Waals surface area contributed by atoms with E-state index in [-0.39, 0.29) is 18.0 Å². The lowest BCUT2D eigenvalue weighted by Gasteiger charge is -2.16. The van der Waals surface area contributed by atoms with Crippen molar-refractivity contribution in [2.45, 2.75) is 13.1 Å². The molecule has 0 bridgehead atoms. The molecule has 1 amide bonds. The molecule has 2 aromatic carbocycles. The molecule has 2 nitrogen and oxygen atoms in total. The van der Waals surface area contributed by atoms with Gasteiger partial charge in [-0.3, -0.25) is 4.79 Å². The number of hydrogen-bond donors (Lipinski definition) is 0. The molecule has 2 aromatic rings. The summed E-state index contributed by atoms with van der Waals surface area (Å²) in [5, 5.41) is 0. The Morgan fingerprint density at radius 2 is 1.80 bits per heavy atom. The number of rotatable bonds is 2. The van der Waals surface area contributed by atoms with Crippen LogP contribution in [0.1, 0.15) is 21.5 Å². The van der Waals surface area contributed by atoms with Crippen molar-refractivity contribution in [1.29, 1.82) is 0 Å². The summed E-state index contributed by atoms with van der Waals surface area (Å²) in [7, 11) is 0. The monoisotopic (exact) mass is 337 g/mol. The Kier molecular flexibility index (Phi) is 3.30. The van der Waals surface area contributed by atoms with E-state index in [1.807, 2.05) is 12.1 Å². The van der Waals surface area contributed by atoms with Crippen LogP contribution >= 0.6 is 15.9 Å². The van der Waals surface area contributed by atoms with Gasteiger partial charge < -0.3 is 4.90 Å². The van der Waals surface area contributed by atoms with Gasteiger partial charge in [0, 0.05) is 22.1 Å². The number of nitrogens with zero attached hydrogens (tertiary/aromatic N) is 1. The van der Waals surface area contributed by atoms with Gasteiger partial charge in [0.1, 0.15) is 11.6 Å². The van der Waals surface area contributed by atoms with Crippen molar-refractivity contribution in [3.63, 3.8) is 0 Å². The number of hydrogen-bond acceptors (Lipinski definition) is 1. The maximum Gasteiger partial charge on any atom is 0.254 e. The molecule has 0 aromatic heterocycles. The number of carbonyl (C=O) groups is 1. The van der Waals surface area contributed by atoms with Crippen molar-refractivity contribution in [2.75, 3.05) is 0 Å². The lowest BCUT2D eigenvalue weighted by molar-refractivity contribution is 0.0763. The molecule has 0 saturated heterocycles. The van der Waals surface area contributed by atoms with Crippen molar-refractivity contribution < 1.29 is 13.6 Å². The molecule has 0 fully saturated rings. The highest BCUT2D eigenvalue weighted by molar-refractivity contribution is 9.10. The first-order valence-electron chi connectivity index (χ1n) is 6.07. The van der Waals surface area contributed by atoms with Crippen molar-refractivity contribution in [3.05, 3.63) is 69.2 Å². The molecule has 5 heteroatoms. The summed E-state index contributed by atoms with van der Waals surface area (Å²) in [5.74, 6) is -1.50. The van der Waals surface area contributed by atoms with E-state index in [1.165, 1.54) is 17.0 Å². The third kappa shape index (κ3) is 2.22. The second-order valence-electron chi connectivity index (χ2n) is 4.67. The fourth-order valence-corrected chi connectivity index (χ4v) is 2.76. The first kappa shape index (κ1) is 13.2. The minimum absolute atomic E-state index is 0.0710. The van der Waals surface area contributed by atoms with Crippen LogP contribution in [-0.2, 0) is 13.1 Å². The van der Waals surface area contributed by atoms with Gasteiger partial charge in [-0.2, -0.15) is 0 Å². The molecule has 0 unspecified atom stereocenters. The molecule has 0 radical (unpaired) electrons. The van der Waals surface area contributed by atoms with Gasteiger partial charge in [-0.15, -0.1) is 0 Å². The SMILES string of the molecule is O=C1c2ccccc2CN1Cc1c(F)cc(Br)cc1F. The van der Waals surface area contributed by atoms with Gasteiger partial charge in [-0.1, -0.05) is 34.1 Å². The molecular weight excluding hydrogens is 328 g/mol. The highest BCUT2D eigenvalue weighted by Gasteiger charge is 2.28. The van der Waals surface area contributed by atoms with E-state index >= 15 is 0 Å². The van der Waals surface area contributed by atoms with Crippen LogP contribution in [0, 0.1) is 11.6 Å². The molecule has 20 heavy (non-hydrogen) atoms. The Labute approximate surface area is 123 Å². The highest BCUT2D eigenvalue weighted by atomic mass is 79.9. The first-order valence-corrected chi connectivity index (χ1v) is 6.86. The molecule has 0 N–H and O–H groups in total. The number of fused-ring (bicyclic) bond motifs is 1. The van der Waals surface area contributed by atoms with E-state index in [0.717, 1.165) is 5.56 Å². The topological polar surface area (TPSA) is 20.3 Å². The Hall–Kier alpha value is -1.75. The molecule has 0 atom stereocenters. The summed E-state index contributed by atoms with van der Waals surface area (Å²) in [5.41, 5.74) is 1.40. The molecule has 1 aliphatic heterocycles. The Morgan fingerprint density at radius 1 is 1.15 bits per heavy atom. The summed E-state index contributed by atoms with van der Waals surface area (Å²) >= 11 is 3.03. The Balaban J connectivity index is 1.90. The van der Waals surface area contributed by atoms with Crippen molar-refractivity contribution >= 4 is 21.8 Å². The van der Waals surface area contributed by atoms with Crippen molar-refractivity contribution in [1.82, 2.24) is 4.90 Å². The van der Waals surface area contributed by atoms with Crippen LogP contribution in [0.5, 0.6) is 0 Å². The van der Waals surface area contributed by atoms with Crippen LogP contribution < -0.4 is 0 Å². The summed E-state index contributed by atoms with van der Waals surface area (Å²) < 4.78 is 28.0. The minimum Gasteiger partial charge on any atom is -0.330 e. The predicted molar refractivity (Wildman–Crippen MR) is 74.1 cm³/mol. The van der Waals surface area contributed by atoms with E-state index in [0.29, 0.717) is 16.6 Å². The second kappa shape index (κ2) is 4.98. The van der Waals surface area contributed by atoms with E-state index in [4.69, 9.17) is 0 Å². The van der Waals surface area contributed by atoms with Crippen molar-refractivity contribution in [2.24, 2.45) is 0 Å². The van der Waals surface area contributed by atoms with E-state index in [2.05, 4.69) is 15.9 Å². The van der Waals surface area contributed by atoms with Crippen molar-refractivity contribution in [3.8, 4) is 0 Å². The van der Waals surface area contributed by atoms with Crippen LogP contribution in [0.25, 0.3) is 0 Å². The largest absolute Gasteiger partial charge is 0.330 e. The van der Waals surface area contributed by atoms with Gasteiger partial charge in [-0.25, -0.2) is 8.78 Å². The van der Waals surface area contributed by atoms with Gasteiger partial charge in [0.2, 0.25) is 0 Å². The zero-order valence-corrected chi connectivity index (χ0v) is 12.0. The molecule has 0 saturated carbocycles. The van der Waals surface area contributed by atoms with Gasteiger partial charge in [0.15, 0.2) is 0 Å². The maximum absolute atomic E-state index is 13.8. The van der Waals surface area contributed by atoms with Crippen LogP contribution in [0.15, 0.2) is 40.9 Å². The van der Waals surface area contributed by atoms with Gasteiger partial charge >= 0.3 is 0 Å². The normalized spacial score (nSPS) is 13.8.